The third-order valence-corrected chi connectivity index (χ3v) is 5.54. The fourth-order valence-electron chi connectivity index (χ4n) is 4.37. The van der Waals surface area contributed by atoms with E-state index in [9.17, 15) is 4.79 Å². The molecule has 4 rings (SSSR count). The van der Waals surface area contributed by atoms with Crippen molar-refractivity contribution in [3.8, 4) is 5.82 Å². The van der Waals surface area contributed by atoms with E-state index < -0.39 is 0 Å². The maximum atomic E-state index is 12.7. The van der Waals surface area contributed by atoms with Gasteiger partial charge in [0.25, 0.3) is 0 Å². The normalized spacial score (nSPS) is 26.0. The number of ether oxygens (including phenoxy) is 1. The molecule has 23 heavy (non-hydrogen) atoms. The van der Waals surface area contributed by atoms with Crippen LogP contribution in [-0.2, 0) is 11.8 Å². The fraction of sp³-hybridized carbons (Fsp3) is 0.556. The molecule has 0 aromatic carbocycles. The van der Waals surface area contributed by atoms with Crippen LogP contribution in [0.25, 0.3) is 5.82 Å². The zero-order valence-corrected chi connectivity index (χ0v) is 14.0. The summed E-state index contributed by atoms with van der Waals surface area (Å²) in [5, 5.41) is 4.29. The van der Waals surface area contributed by atoms with Crippen molar-refractivity contribution in [2.24, 2.45) is 18.9 Å². The molecule has 5 nitrogen and oxygen atoms in total. The summed E-state index contributed by atoms with van der Waals surface area (Å²) in [6.45, 7) is 4.07. The Morgan fingerprint density at radius 1 is 1.22 bits per heavy atom. The molecule has 5 heteroatoms. The second kappa shape index (κ2) is 5.25. The average Bonchev–Trinajstić information content (AvgIpc) is 3.26. The summed E-state index contributed by atoms with van der Waals surface area (Å²) < 4.78 is 9.66. The van der Waals surface area contributed by atoms with Crippen molar-refractivity contribution < 1.29 is 9.53 Å². The molecule has 2 aliphatic rings. The number of hydrogen-bond acceptors (Lipinski definition) is 3. The summed E-state index contributed by atoms with van der Waals surface area (Å²) in [7, 11) is 1.86. The van der Waals surface area contributed by atoms with E-state index in [1.54, 1.807) is 10.9 Å². The van der Waals surface area contributed by atoms with E-state index in [4.69, 9.17) is 4.74 Å². The van der Waals surface area contributed by atoms with Crippen LogP contribution in [-0.4, -0.2) is 26.4 Å². The molecule has 2 aromatic heterocycles. The second-order valence-corrected chi connectivity index (χ2v) is 7.08. The Kier molecular flexibility index (Phi) is 3.32. The Balaban J connectivity index is 1.64. The van der Waals surface area contributed by atoms with Crippen LogP contribution in [0.4, 0.5) is 0 Å². The molecule has 0 unspecified atom stereocenters. The quantitative estimate of drug-likeness (QED) is 0.818. The van der Waals surface area contributed by atoms with Crippen molar-refractivity contribution in [3.05, 3.63) is 35.3 Å². The molecule has 122 valence electrons. The van der Waals surface area contributed by atoms with Gasteiger partial charge in [0.15, 0.2) is 0 Å². The minimum absolute atomic E-state index is 0.0983. The topological polar surface area (TPSA) is 49.1 Å². The molecule has 0 spiro atoms. The predicted molar refractivity (Wildman–Crippen MR) is 86.7 cm³/mol. The van der Waals surface area contributed by atoms with Crippen molar-refractivity contribution in [2.45, 2.75) is 45.6 Å². The van der Waals surface area contributed by atoms with Gasteiger partial charge in [-0.05, 0) is 63.5 Å². The highest BCUT2D eigenvalue weighted by molar-refractivity contribution is 5.93. The smallest absolute Gasteiger partial charge is 0.343 e. The van der Waals surface area contributed by atoms with E-state index in [2.05, 4.69) is 9.67 Å². The number of hydrogen-bond donors (Lipinski definition) is 0. The first-order chi connectivity index (χ1) is 11.0. The van der Waals surface area contributed by atoms with Crippen LogP contribution in [0.2, 0.25) is 0 Å². The highest BCUT2D eigenvalue weighted by atomic mass is 16.5. The van der Waals surface area contributed by atoms with Crippen molar-refractivity contribution in [3.63, 3.8) is 0 Å². The molecule has 0 N–H and O–H groups in total. The second-order valence-electron chi connectivity index (χ2n) is 7.08. The van der Waals surface area contributed by atoms with Crippen LogP contribution < -0.4 is 0 Å². The van der Waals surface area contributed by atoms with E-state index in [-0.39, 0.29) is 12.1 Å². The molecule has 0 amide bonds. The maximum Gasteiger partial charge on any atom is 0.343 e. The van der Waals surface area contributed by atoms with Gasteiger partial charge in [0.1, 0.15) is 17.5 Å². The van der Waals surface area contributed by atoms with E-state index in [0.717, 1.165) is 29.5 Å². The van der Waals surface area contributed by atoms with Gasteiger partial charge in [-0.15, -0.1) is 0 Å². The average molecular weight is 313 g/mol. The number of carbonyl (C=O) groups is 1. The summed E-state index contributed by atoms with van der Waals surface area (Å²) in [5.74, 6) is 1.88. The lowest BCUT2D eigenvalue weighted by Crippen LogP contribution is -2.24. The molecule has 0 saturated heterocycles. The molecule has 0 radical (unpaired) electrons. The first kappa shape index (κ1) is 14.5. The van der Waals surface area contributed by atoms with E-state index in [1.807, 2.05) is 33.0 Å². The van der Waals surface area contributed by atoms with E-state index in [1.165, 1.54) is 19.3 Å². The minimum atomic E-state index is -0.238. The molecule has 2 bridgehead atoms. The van der Waals surface area contributed by atoms with Gasteiger partial charge >= 0.3 is 5.97 Å². The number of nitrogens with zero attached hydrogens (tertiary/aromatic N) is 3. The largest absolute Gasteiger partial charge is 0.458 e. The standard InChI is InChI=1S/C18H23N3O2/c1-11-4-5-12(2)21(11)17-15(10-19-20(17)3)18(22)23-16-9-13-6-7-14(16)8-13/h4-5,10,13-14,16H,6-9H2,1-3H3/t13-,14-,16+/m0/s1. The zero-order valence-electron chi connectivity index (χ0n) is 14.0. The van der Waals surface area contributed by atoms with E-state index in [0.29, 0.717) is 11.5 Å². The van der Waals surface area contributed by atoms with Crippen LogP contribution in [0.1, 0.15) is 47.4 Å². The highest BCUT2D eigenvalue weighted by Gasteiger charge is 2.42. The summed E-state index contributed by atoms with van der Waals surface area (Å²) in [5.41, 5.74) is 2.72. The van der Waals surface area contributed by atoms with E-state index >= 15 is 0 Å². The zero-order chi connectivity index (χ0) is 16.1. The monoisotopic (exact) mass is 313 g/mol. The van der Waals surface area contributed by atoms with Crippen LogP contribution in [0, 0.1) is 25.7 Å². The number of esters is 1. The van der Waals surface area contributed by atoms with Gasteiger partial charge in [0, 0.05) is 18.4 Å². The Bertz CT molecular complexity index is 739. The number of aromatic nitrogens is 3. The lowest BCUT2D eigenvalue weighted by molar-refractivity contribution is 0.0158. The van der Waals surface area contributed by atoms with Crippen molar-refractivity contribution in [1.29, 1.82) is 0 Å². The SMILES string of the molecule is Cc1ccc(C)n1-c1c(C(=O)O[C@@H]2C[C@H]3CC[C@H]2C3)cnn1C. The van der Waals surface area contributed by atoms with Gasteiger partial charge in [-0.2, -0.15) is 5.10 Å². The number of fused-ring (bicyclic) bond motifs is 2. The first-order valence-electron chi connectivity index (χ1n) is 8.43. The van der Waals surface area contributed by atoms with Crippen molar-refractivity contribution in [2.75, 3.05) is 0 Å². The molecular formula is C18H23N3O2. The molecule has 2 aliphatic carbocycles. The van der Waals surface area contributed by atoms with Crippen LogP contribution >= 0.6 is 0 Å². The summed E-state index contributed by atoms with van der Waals surface area (Å²) in [6, 6.07) is 4.10. The van der Waals surface area contributed by atoms with Crippen molar-refractivity contribution in [1.82, 2.24) is 14.3 Å². The molecule has 0 aliphatic heterocycles. The Hall–Kier alpha value is -2.04. The maximum absolute atomic E-state index is 12.7. The predicted octanol–water partition coefficient (Wildman–Crippen LogP) is 3.17. The highest BCUT2D eigenvalue weighted by Crippen LogP contribution is 2.46. The Labute approximate surface area is 136 Å². The summed E-state index contributed by atoms with van der Waals surface area (Å²) >= 11 is 0. The van der Waals surface area contributed by atoms with Gasteiger partial charge in [-0.1, -0.05) is 0 Å². The number of rotatable bonds is 3. The summed E-state index contributed by atoms with van der Waals surface area (Å²) in [6.07, 6.45) is 6.50. The van der Waals surface area contributed by atoms with Gasteiger partial charge in [-0.3, -0.25) is 4.68 Å². The van der Waals surface area contributed by atoms with Crippen molar-refractivity contribution >= 4 is 5.97 Å². The number of carbonyl (C=O) groups excluding carboxylic acids is 1. The minimum Gasteiger partial charge on any atom is -0.458 e. The van der Waals surface area contributed by atoms with Gasteiger partial charge in [0.2, 0.25) is 0 Å². The molecule has 2 fully saturated rings. The van der Waals surface area contributed by atoms with Crippen LogP contribution in [0.15, 0.2) is 18.3 Å². The number of aryl methyl sites for hydroxylation is 3. The Morgan fingerprint density at radius 2 is 1.96 bits per heavy atom. The molecular weight excluding hydrogens is 290 g/mol. The van der Waals surface area contributed by atoms with Crippen LogP contribution in [0.3, 0.4) is 0 Å². The third kappa shape index (κ3) is 2.30. The van der Waals surface area contributed by atoms with Crippen LogP contribution in [0.5, 0.6) is 0 Å². The van der Waals surface area contributed by atoms with Gasteiger partial charge in [-0.25, -0.2) is 4.79 Å². The van der Waals surface area contributed by atoms with Gasteiger partial charge < -0.3 is 9.30 Å². The summed E-state index contributed by atoms with van der Waals surface area (Å²) in [4.78, 5) is 12.7. The first-order valence-corrected chi connectivity index (χ1v) is 8.43. The molecule has 3 atom stereocenters. The fourth-order valence-corrected chi connectivity index (χ4v) is 4.37. The lowest BCUT2D eigenvalue weighted by atomic mass is 9.98. The third-order valence-electron chi connectivity index (χ3n) is 5.54. The Morgan fingerprint density at radius 3 is 2.57 bits per heavy atom. The lowest BCUT2D eigenvalue weighted by Gasteiger charge is -2.22. The van der Waals surface area contributed by atoms with Gasteiger partial charge in [0.05, 0.1) is 6.20 Å². The molecule has 2 saturated carbocycles. The molecule has 2 heterocycles. The molecule has 2 aromatic rings.